The summed E-state index contributed by atoms with van der Waals surface area (Å²) >= 11 is 0. The zero-order valence-corrected chi connectivity index (χ0v) is 10.6. The molecule has 1 saturated carbocycles. The van der Waals surface area contributed by atoms with Gasteiger partial charge in [-0.3, -0.25) is 9.80 Å². The maximum absolute atomic E-state index is 5.51. The first-order valence-electron chi connectivity index (χ1n) is 6.65. The maximum Gasteiger partial charge on any atom is 0.0604 e. The molecule has 0 aromatic heterocycles. The molecule has 1 saturated heterocycles. The van der Waals surface area contributed by atoms with Crippen molar-refractivity contribution in [2.75, 3.05) is 32.7 Å². The normalized spacial score (nSPS) is 25.3. The van der Waals surface area contributed by atoms with Gasteiger partial charge in [0.2, 0.25) is 0 Å². The van der Waals surface area contributed by atoms with Crippen LogP contribution in [0.4, 0.5) is 0 Å². The summed E-state index contributed by atoms with van der Waals surface area (Å²) < 4.78 is 0. The van der Waals surface area contributed by atoms with Gasteiger partial charge in [-0.1, -0.05) is 31.1 Å². The Kier molecular flexibility index (Phi) is 4.11. The molecule has 0 amide bonds. The van der Waals surface area contributed by atoms with Gasteiger partial charge in [-0.25, -0.2) is 0 Å². The molecule has 0 unspecified atom stereocenters. The third-order valence-corrected chi connectivity index (χ3v) is 4.26. The lowest BCUT2D eigenvalue weighted by Gasteiger charge is -2.52. The second-order valence-electron chi connectivity index (χ2n) is 5.33. The number of hydrogen-bond donors (Lipinski definition) is 0. The molecule has 0 aromatic carbocycles. The van der Waals surface area contributed by atoms with Gasteiger partial charge in [0.1, 0.15) is 0 Å². The first-order valence-corrected chi connectivity index (χ1v) is 6.65. The Hall–Kier alpha value is -0.960. The molecule has 0 N–H and O–H groups in total. The first-order chi connectivity index (χ1) is 8.30. The summed E-state index contributed by atoms with van der Waals surface area (Å²) in [5.74, 6) is 5.60. The minimum absolute atomic E-state index is 0.319. The number of piperazine rings is 1. The fourth-order valence-corrected chi connectivity index (χ4v) is 3.40. The smallest absolute Gasteiger partial charge is 0.0604 e. The quantitative estimate of drug-likeness (QED) is 0.665. The molecule has 1 aliphatic heterocycles. The third-order valence-electron chi connectivity index (χ3n) is 4.26. The molecule has 1 heterocycles. The van der Waals surface area contributed by atoms with Crippen molar-refractivity contribution in [3.05, 3.63) is 0 Å². The highest BCUT2D eigenvalue weighted by Gasteiger charge is 2.41. The van der Waals surface area contributed by atoms with Crippen LogP contribution < -0.4 is 0 Å². The lowest BCUT2D eigenvalue weighted by Crippen LogP contribution is -2.62. The van der Waals surface area contributed by atoms with Gasteiger partial charge in [0.25, 0.3) is 0 Å². The second-order valence-corrected chi connectivity index (χ2v) is 5.33. The molecule has 2 heteroatoms. The molecule has 1 spiro atoms. The largest absolute Gasteiger partial charge is 0.289 e. The predicted octanol–water partition coefficient (Wildman–Crippen LogP) is 1.57. The summed E-state index contributed by atoms with van der Waals surface area (Å²) in [6.45, 7) is 4.83. The van der Waals surface area contributed by atoms with Crippen molar-refractivity contribution in [1.82, 2.24) is 9.80 Å². The van der Waals surface area contributed by atoms with Gasteiger partial charge in [0.15, 0.2) is 0 Å². The van der Waals surface area contributed by atoms with Crippen LogP contribution in [0.1, 0.15) is 32.1 Å². The van der Waals surface area contributed by atoms with Crippen LogP contribution in [-0.4, -0.2) is 48.1 Å². The van der Waals surface area contributed by atoms with E-state index in [1.54, 1.807) is 0 Å². The number of terminal acetylenes is 2. The number of hydrogen-bond acceptors (Lipinski definition) is 2. The molecule has 2 aliphatic rings. The SMILES string of the molecule is C#CCN1CCN(CC#C)C2(CCCCC2)C1. The van der Waals surface area contributed by atoms with Crippen molar-refractivity contribution in [1.29, 1.82) is 0 Å². The van der Waals surface area contributed by atoms with Crippen molar-refractivity contribution < 1.29 is 0 Å². The van der Waals surface area contributed by atoms with E-state index < -0.39 is 0 Å². The fourth-order valence-electron chi connectivity index (χ4n) is 3.40. The molecule has 0 bridgehead atoms. The van der Waals surface area contributed by atoms with Crippen LogP contribution in [0.3, 0.4) is 0 Å². The van der Waals surface area contributed by atoms with Crippen LogP contribution in [0, 0.1) is 24.7 Å². The Morgan fingerprint density at radius 2 is 1.65 bits per heavy atom. The molecule has 2 nitrogen and oxygen atoms in total. The summed E-state index contributed by atoms with van der Waals surface area (Å²) in [6, 6.07) is 0. The average Bonchev–Trinajstić information content (AvgIpc) is 2.35. The first kappa shape index (κ1) is 12.5. The zero-order chi connectivity index (χ0) is 12.1. The summed E-state index contributed by atoms with van der Waals surface area (Å²) in [6.07, 6.45) is 17.6. The number of rotatable bonds is 2. The van der Waals surface area contributed by atoms with Gasteiger partial charge in [-0.15, -0.1) is 12.8 Å². The van der Waals surface area contributed by atoms with Crippen LogP contribution >= 0.6 is 0 Å². The summed E-state index contributed by atoms with van der Waals surface area (Å²) in [7, 11) is 0. The Balaban J connectivity index is 2.09. The molecule has 92 valence electrons. The molecule has 1 aliphatic carbocycles. The molecule has 2 rings (SSSR count). The molecule has 2 fully saturated rings. The van der Waals surface area contributed by atoms with Crippen LogP contribution in [-0.2, 0) is 0 Å². The highest BCUT2D eigenvalue weighted by molar-refractivity contribution is 5.04. The van der Waals surface area contributed by atoms with E-state index in [1.807, 2.05) is 0 Å². The standard InChI is InChI=1S/C15H22N2/c1-3-10-16-12-13-17(11-4-2)15(14-16)8-6-5-7-9-15/h1-2H,5-14H2. The molecule has 0 aromatic rings. The van der Waals surface area contributed by atoms with E-state index in [2.05, 4.69) is 21.6 Å². The van der Waals surface area contributed by atoms with E-state index in [9.17, 15) is 0 Å². The molecule has 17 heavy (non-hydrogen) atoms. The van der Waals surface area contributed by atoms with Crippen LogP contribution in [0.5, 0.6) is 0 Å². The van der Waals surface area contributed by atoms with Crippen molar-refractivity contribution in [2.45, 2.75) is 37.6 Å². The Bertz CT molecular complexity index is 328. The van der Waals surface area contributed by atoms with Gasteiger partial charge < -0.3 is 0 Å². The van der Waals surface area contributed by atoms with E-state index in [4.69, 9.17) is 12.8 Å². The van der Waals surface area contributed by atoms with Crippen LogP contribution in [0.25, 0.3) is 0 Å². The zero-order valence-electron chi connectivity index (χ0n) is 10.6. The van der Waals surface area contributed by atoms with Gasteiger partial charge in [-0.05, 0) is 12.8 Å². The van der Waals surface area contributed by atoms with Gasteiger partial charge >= 0.3 is 0 Å². The molecule has 0 radical (unpaired) electrons. The lowest BCUT2D eigenvalue weighted by molar-refractivity contribution is -0.0133. The minimum atomic E-state index is 0.319. The fraction of sp³-hybridized carbons (Fsp3) is 0.733. The van der Waals surface area contributed by atoms with E-state index in [1.165, 1.54) is 32.1 Å². The predicted molar refractivity (Wildman–Crippen MR) is 71.5 cm³/mol. The number of nitrogens with zero attached hydrogens (tertiary/aromatic N) is 2. The monoisotopic (exact) mass is 230 g/mol. The molecule has 0 atom stereocenters. The second kappa shape index (κ2) is 5.58. The Morgan fingerprint density at radius 3 is 2.29 bits per heavy atom. The van der Waals surface area contributed by atoms with E-state index in [-0.39, 0.29) is 0 Å². The summed E-state index contributed by atoms with van der Waals surface area (Å²) in [5.41, 5.74) is 0.319. The van der Waals surface area contributed by atoms with E-state index in [0.717, 1.165) is 32.7 Å². The molecular weight excluding hydrogens is 208 g/mol. The van der Waals surface area contributed by atoms with Gasteiger partial charge in [0.05, 0.1) is 13.1 Å². The lowest BCUT2D eigenvalue weighted by atomic mass is 9.78. The van der Waals surface area contributed by atoms with Gasteiger partial charge in [-0.2, -0.15) is 0 Å². The third kappa shape index (κ3) is 2.65. The van der Waals surface area contributed by atoms with Crippen LogP contribution in [0.2, 0.25) is 0 Å². The van der Waals surface area contributed by atoms with Crippen LogP contribution in [0.15, 0.2) is 0 Å². The maximum atomic E-state index is 5.51. The van der Waals surface area contributed by atoms with Gasteiger partial charge in [0, 0.05) is 25.2 Å². The average molecular weight is 230 g/mol. The summed E-state index contributed by atoms with van der Waals surface area (Å²) in [5, 5.41) is 0. The molecular formula is C15H22N2. The van der Waals surface area contributed by atoms with Crippen molar-refractivity contribution in [2.24, 2.45) is 0 Å². The Morgan fingerprint density at radius 1 is 0.941 bits per heavy atom. The van der Waals surface area contributed by atoms with Crippen molar-refractivity contribution in [3.8, 4) is 24.7 Å². The highest BCUT2D eigenvalue weighted by atomic mass is 15.3. The topological polar surface area (TPSA) is 6.48 Å². The highest BCUT2D eigenvalue weighted by Crippen LogP contribution is 2.36. The van der Waals surface area contributed by atoms with E-state index in [0.29, 0.717) is 5.54 Å². The Labute approximate surface area is 105 Å². The minimum Gasteiger partial charge on any atom is -0.289 e. The van der Waals surface area contributed by atoms with E-state index >= 15 is 0 Å². The van der Waals surface area contributed by atoms with Crippen molar-refractivity contribution in [3.63, 3.8) is 0 Å². The van der Waals surface area contributed by atoms with Crippen molar-refractivity contribution >= 4 is 0 Å². The summed E-state index contributed by atoms with van der Waals surface area (Å²) in [4.78, 5) is 4.94.